The highest BCUT2D eigenvalue weighted by molar-refractivity contribution is 7.99. The van der Waals surface area contributed by atoms with Gasteiger partial charge in [-0.1, -0.05) is 19.1 Å². The van der Waals surface area contributed by atoms with E-state index in [-0.39, 0.29) is 0 Å². The minimum Gasteiger partial charge on any atom is -0.215 e. The smallest absolute Gasteiger partial charge is 0.215 e. The van der Waals surface area contributed by atoms with Gasteiger partial charge in [-0.25, -0.2) is 9.18 Å². The maximum atomic E-state index is 13.0. The molecule has 0 aliphatic heterocycles. The summed E-state index contributed by atoms with van der Waals surface area (Å²) in [5.41, 5.74) is 0.383. The molecule has 0 radical (unpaired) electrons. The number of rotatable bonds is 4. The van der Waals surface area contributed by atoms with Gasteiger partial charge in [-0.05, 0) is 17.9 Å². The molecule has 1 aromatic rings. The van der Waals surface area contributed by atoms with Crippen molar-refractivity contribution in [2.24, 2.45) is 4.99 Å². The van der Waals surface area contributed by atoms with E-state index < -0.39 is 6.30 Å². The van der Waals surface area contributed by atoms with Crippen LogP contribution in [-0.4, -0.2) is 11.8 Å². The van der Waals surface area contributed by atoms with E-state index in [4.69, 9.17) is 0 Å². The Morgan fingerprint density at radius 3 is 2.64 bits per heavy atom. The van der Waals surface area contributed by atoms with E-state index in [0.29, 0.717) is 5.56 Å². The van der Waals surface area contributed by atoms with Gasteiger partial charge in [-0.15, -0.1) is 11.8 Å². The molecular weight excluding hydrogens is 201 g/mol. The molecule has 1 aromatic carbocycles. The number of nitrogens with zero attached hydrogens (tertiary/aromatic N) is 1. The van der Waals surface area contributed by atoms with Crippen molar-refractivity contribution in [1.29, 1.82) is 0 Å². The number of carbonyl (C=O) groups excluding carboxylic acids is 1. The van der Waals surface area contributed by atoms with E-state index in [1.165, 1.54) is 6.08 Å². The highest BCUT2D eigenvalue weighted by Gasteiger charge is 2.06. The number of benzene rings is 1. The van der Waals surface area contributed by atoms with Crippen molar-refractivity contribution in [1.82, 2.24) is 0 Å². The third-order valence-electron chi connectivity index (χ3n) is 1.63. The SMILES string of the molecule is CCSc1ccc(C(F)N=C=O)cc1. The molecule has 2 nitrogen and oxygen atoms in total. The highest BCUT2D eigenvalue weighted by Crippen LogP contribution is 2.22. The zero-order chi connectivity index (χ0) is 10.4. The first kappa shape index (κ1) is 11.0. The van der Waals surface area contributed by atoms with Crippen LogP contribution in [0.4, 0.5) is 4.39 Å². The van der Waals surface area contributed by atoms with E-state index in [1.807, 2.05) is 19.1 Å². The first-order valence-electron chi connectivity index (χ1n) is 4.21. The molecule has 1 atom stereocenters. The summed E-state index contributed by atoms with van der Waals surface area (Å²) >= 11 is 1.68. The summed E-state index contributed by atoms with van der Waals surface area (Å²) in [5.74, 6) is 0.977. The van der Waals surface area contributed by atoms with Crippen molar-refractivity contribution in [3.63, 3.8) is 0 Å². The average molecular weight is 211 g/mol. The summed E-state index contributed by atoms with van der Waals surface area (Å²) in [6, 6.07) is 6.89. The molecule has 0 fully saturated rings. The van der Waals surface area contributed by atoms with Crippen molar-refractivity contribution in [3.8, 4) is 0 Å². The van der Waals surface area contributed by atoms with Gasteiger partial charge in [-0.2, -0.15) is 4.99 Å². The summed E-state index contributed by atoms with van der Waals surface area (Å²) in [6.45, 7) is 2.05. The number of hydrogen-bond donors (Lipinski definition) is 0. The summed E-state index contributed by atoms with van der Waals surface area (Å²) in [4.78, 5) is 13.9. The van der Waals surface area contributed by atoms with Crippen LogP contribution in [0.1, 0.15) is 18.8 Å². The van der Waals surface area contributed by atoms with E-state index in [0.717, 1.165) is 10.6 Å². The molecule has 74 valence electrons. The average Bonchev–Trinajstić information content (AvgIpc) is 2.20. The van der Waals surface area contributed by atoms with E-state index in [1.54, 1.807) is 23.9 Å². The third-order valence-corrected chi connectivity index (χ3v) is 2.53. The van der Waals surface area contributed by atoms with Crippen LogP contribution in [0.25, 0.3) is 0 Å². The molecule has 4 heteroatoms. The topological polar surface area (TPSA) is 29.4 Å². The third kappa shape index (κ3) is 2.98. The number of thioether (sulfide) groups is 1. The van der Waals surface area contributed by atoms with Gasteiger partial charge in [0.2, 0.25) is 12.4 Å². The quantitative estimate of drug-likeness (QED) is 0.331. The lowest BCUT2D eigenvalue weighted by Gasteiger charge is -2.02. The number of aliphatic imine (C=N–C) groups is 1. The zero-order valence-corrected chi connectivity index (χ0v) is 8.55. The Balaban J connectivity index is 2.77. The van der Waals surface area contributed by atoms with Crippen molar-refractivity contribution in [2.45, 2.75) is 18.1 Å². The maximum Gasteiger partial charge on any atom is 0.238 e. The Morgan fingerprint density at radius 1 is 1.50 bits per heavy atom. The fourth-order valence-corrected chi connectivity index (χ4v) is 1.67. The maximum absolute atomic E-state index is 13.0. The fourth-order valence-electron chi connectivity index (χ4n) is 1.01. The normalized spacial score (nSPS) is 11.9. The van der Waals surface area contributed by atoms with Gasteiger partial charge in [0, 0.05) is 10.5 Å². The standard InChI is InChI=1S/C10H10FNOS/c1-2-14-9-5-3-8(4-6-9)10(11)12-7-13/h3-6,10H,2H2,1H3. The Hall–Kier alpha value is -1.12. The van der Waals surface area contributed by atoms with Gasteiger partial charge in [0.15, 0.2) is 0 Å². The fraction of sp³-hybridized carbons (Fsp3) is 0.300. The molecule has 0 spiro atoms. The van der Waals surface area contributed by atoms with Crippen LogP contribution in [0.2, 0.25) is 0 Å². The minimum absolute atomic E-state index is 0.383. The number of alkyl halides is 1. The molecule has 14 heavy (non-hydrogen) atoms. The molecule has 1 rings (SSSR count). The number of halogens is 1. The van der Waals surface area contributed by atoms with Crippen LogP contribution in [-0.2, 0) is 4.79 Å². The largest absolute Gasteiger partial charge is 0.238 e. The van der Waals surface area contributed by atoms with Crippen LogP contribution >= 0.6 is 11.8 Å². The predicted octanol–water partition coefficient (Wildman–Crippen LogP) is 3.10. The van der Waals surface area contributed by atoms with Crippen LogP contribution in [0.3, 0.4) is 0 Å². The molecule has 0 saturated heterocycles. The molecule has 0 aromatic heterocycles. The molecule has 0 aliphatic rings. The first-order chi connectivity index (χ1) is 6.77. The van der Waals surface area contributed by atoms with Crippen molar-refractivity contribution in [3.05, 3.63) is 29.8 Å². The Labute approximate surface area is 86.2 Å². The van der Waals surface area contributed by atoms with Crippen molar-refractivity contribution < 1.29 is 9.18 Å². The molecule has 0 aliphatic carbocycles. The van der Waals surface area contributed by atoms with Crippen LogP contribution in [0.15, 0.2) is 34.2 Å². The molecule has 1 unspecified atom stereocenters. The lowest BCUT2D eigenvalue weighted by molar-refractivity contribution is 0.356. The Bertz CT molecular complexity index is 332. The van der Waals surface area contributed by atoms with Gasteiger partial charge < -0.3 is 0 Å². The van der Waals surface area contributed by atoms with Gasteiger partial charge >= 0.3 is 0 Å². The van der Waals surface area contributed by atoms with E-state index in [9.17, 15) is 9.18 Å². The Morgan fingerprint density at radius 2 is 2.14 bits per heavy atom. The summed E-state index contributed by atoms with van der Waals surface area (Å²) in [7, 11) is 0. The summed E-state index contributed by atoms with van der Waals surface area (Å²) in [5, 5.41) is 0. The lowest BCUT2D eigenvalue weighted by atomic mass is 10.2. The molecule has 0 bridgehead atoms. The van der Waals surface area contributed by atoms with Gasteiger partial charge in [0.25, 0.3) is 0 Å². The zero-order valence-electron chi connectivity index (χ0n) is 7.74. The van der Waals surface area contributed by atoms with Crippen LogP contribution in [0, 0.1) is 0 Å². The van der Waals surface area contributed by atoms with E-state index >= 15 is 0 Å². The lowest BCUT2D eigenvalue weighted by Crippen LogP contribution is -1.86. The summed E-state index contributed by atoms with van der Waals surface area (Å²) < 4.78 is 13.0. The monoisotopic (exact) mass is 211 g/mol. The second-order valence-corrected chi connectivity index (χ2v) is 3.90. The molecular formula is C10H10FNOS. The predicted molar refractivity (Wildman–Crippen MR) is 54.8 cm³/mol. The summed E-state index contributed by atoms with van der Waals surface area (Å²) in [6.07, 6.45) is -0.389. The number of hydrogen-bond acceptors (Lipinski definition) is 3. The second kappa shape index (κ2) is 5.58. The first-order valence-corrected chi connectivity index (χ1v) is 5.20. The van der Waals surface area contributed by atoms with Gasteiger partial charge in [0.05, 0.1) is 0 Å². The van der Waals surface area contributed by atoms with E-state index in [2.05, 4.69) is 4.99 Å². The van der Waals surface area contributed by atoms with Crippen molar-refractivity contribution >= 4 is 17.8 Å². The highest BCUT2D eigenvalue weighted by atomic mass is 32.2. The van der Waals surface area contributed by atoms with Gasteiger partial charge in [-0.3, -0.25) is 0 Å². The van der Waals surface area contributed by atoms with Gasteiger partial charge in [0.1, 0.15) is 0 Å². The molecule has 0 heterocycles. The second-order valence-electron chi connectivity index (χ2n) is 2.56. The van der Waals surface area contributed by atoms with Crippen LogP contribution < -0.4 is 0 Å². The van der Waals surface area contributed by atoms with Crippen molar-refractivity contribution in [2.75, 3.05) is 5.75 Å². The molecule has 0 amide bonds. The minimum atomic E-state index is -1.59. The number of isocyanates is 1. The molecule has 0 saturated carbocycles. The Kier molecular flexibility index (Phi) is 4.36. The van der Waals surface area contributed by atoms with Crippen LogP contribution in [0.5, 0.6) is 0 Å². The molecule has 0 N–H and O–H groups in total.